The van der Waals surface area contributed by atoms with Crippen molar-refractivity contribution in [3.05, 3.63) is 39.7 Å². The second kappa shape index (κ2) is 9.50. The van der Waals surface area contributed by atoms with Crippen molar-refractivity contribution in [2.45, 2.75) is 47.0 Å². The summed E-state index contributed by atoms with van der Waals surface area (Å²) < 4.78 is 6.16. The van der Waals surface area contributed by atoms with Gasteiger partial charge in [0.1, 0.15) is 10.6 Å². The Morgan fingerprint density at radius 3 is 2.54 bits per heavy atom. The van der Waals surface area contributed by atoms with Gasteiger partial charge in [-0.2, -0.15) is 0 Å². The van der Waals surface area contributed by atoms with E-state index in [1.54, 1.807) is 6.92 Å². The number of carbonyl (C=O) groups excluding carboxylic acids is 4. The van der Waals surface area contributed by atoms with Gasteiger partial charge in [-0.05, 0) is 42.9 Å². The number of carbonyl (C=O) groups is 4. The second-order valence-corrected chi connectivity index (χ2v) is 11.6. The van der Waals surface area contributed by atoms with E-state index >= 15 is 0 Å². The molecule has 1 N–H and O–H groups in total. The Kier molecular flexibility index (Phi) is 6.94. The van der Waals surface area contributed by atoms with Crippen molar-refractivity contribution in [3.8, 4) is 11.1 Å². The van der Waals surface area contributed by atoms with E-state index in [4.69, 9.17) is 4.74 Å². The molecule has 4 rings (SSSR count). The molecule has 1 aromatic heterocycles. The van der Waals surface area contributed by atoms with E-state index in [2.05, 4.69) is 21.2 Å². The van der Waals surface area contributed by atoms with Crippen LogP contribution >= 0.6 is 27.3 Å². The van der Waals surface area contributed by atoms with Gasteiger partial charge in [-0.15, -0.1) is 11.3 Å². The third-order valence-electron chi connectivity index (χ3n) is 7.75. The fourth-order valence-corrected chi connectivity index (χ4v) is 6.45. The predicted octanol–water partition coefficient (Wildman–Crippen LogP) is 5.49. The Morgan fingerprint density at radius 2 is 1.89 bits per heavy atom. The first-order chi connectivity index (χ1) is 16.5. The Hall–Kier alpha value is -2.52. The van der Waals surface area contributed by atoms with Gasteiger partial charge >= 0.3 is 5.97 Å². The van der Waals surface area contributed by atoms with Gasteiger partial charge in [-0.3, -0.25) is 19.3 Å². The molecule has 0 spiro atoms. The molecule has 9 heteroatoms. The molecule has 2 unspecified atom stereocenters. The number of thiophene rings is 1. The predicted molar refractivity (Wildman–Crippen MR) is 138 cm³/mol. The van der Waals surface area contributed by atoms with Gasteiger partial charge < -0.3 is 10.1 Å². The van der Waals surface area contributed by atoms with Crippen molar-refractivity contribution >= 4 is 56.0 Å². The number of nitrogens with zero attached hydrogens (tertiary/aromatic N) is 1. The summed E-state index contributed by atoms with van der Waals surface area (Å²) in [7, 11) is 0. The normalized spacial score (nSPS) is 22.9. The number of imide groups is 1. The minimum Gasteiger partial charge on any atom is -0.462 e. The lowest BCUT2D eigenvalue weighted by Crippen LogP contribution is -2.59. The number of hydrogen-bond donors (Lipinski definition) is 1. The van der Waals surface area contributed by atoms with Crippen LogP contribution in [0.2, 0.25) is 0 Å². The van der Waals surface area contributed by atoms with E-state index in [1.165, 1.54) is 16.2 Å². The molecule has 3 amide bonds. The molecule has 35 heavy (non-hydrogen) atoms. The van der Waals surface area contributed by atoms with Gasteiger partial charge in [-0.1, -0.05) is 48.8 Å². The van der Waals surface area contributed by atoms with Gasteiger partial charge in [0.05, 0.1) is 12.0 Å². The molecule has 186 valence electrons. The smallest absolute Gasteiger partial charge is 0.341 e. The molecule has 1 saturated heterocycles. The van der Waals surface area contributed by atoms with Crippen LogP contribution in [0.15, 0.2) is 34.1 Å². The highest BCUT2D eigenvalue weighted by Gasteiger charge is 2.64. The average molecular weight is 561 g/mol. The van der Waals surface area contributed by atoms with Crippen molar-refractivity contribution in [1.82, 2.24) is 4.90 Å². The molecule has 1 aliphatic heterocycles. The maximum atomic E-state index is 13.2. The van der Waals surface area contributed by atoms with Crippen LogP contribution in [-0.2, 0) is 19.1 Å². The summed E-state index contributed by atoms with van der Waals surface area (Å²) in [5, 5.41) is 5.00. The molecule has 1 aromatic carbocycles. The zero-order valence-electron chi connectivity index (χ0n) is 20.3. The molecule has 2 aliphatic rings. The zero-order chi connectivity index (χ0) is 25.5. The molecule has 1 saturated carbocycles. The number of benzene rings is 1. The molecular formula is C26H29BrN2O5S. The Morgan fingerprint density at radius 1 is 1.20 bits per heavy atom. The number of halogens is 1. The molecular weight excluding hydrogens is 532 g/mol. The maximum Gasteiger partial charge on any atom is 0.341 e. The van der Waals surface area contributed by atoms with Crippen LogP contribution in [-0.4, -0.2) is 41.7 Å². The molecule has 7 nitrogen and oxygen atoms in total. The van der Waals surface area contributed by atoms with E-state index in [1.807, 2.05) is 50.4 Å². The summed E-state index contributed by atoms with van der Waals surface area (Å²) in [4.78, 5) is 53.1. The largest absolute Gasteiger partial charge is 0.462 e. The fraction of sp³-hybridized carbons (Fsp3) is 0.462. The number of hydrogen-bond acceptors (Lipinski definition) is 6. The first-order valence-corrected chi connectivity index (χ1v) is 13.4. The molecule has 2 bridgehead atoms. The highest BCUT2D eigenvalue weighted by molar-refractivity contribution is 9.10. The third-order valence-corrected chi connectivity index (χ3v) is 9.17. The van der Waals surface area contributed by atoms with Gasteiger partial charge in [-0.25, -0.2) is 4.79 Å². The number of nitrogens with one attached hydrogen (secondary N) is 1. The molecule has 2 atom stereocenters. The van der Waals surface area contributed by atoms with Crippen LogP contribution in [0, 0.1) is 16.7 Å². The van der Waals surface area contributed by atoms with Crippen molar-refractivity contribution < 1.29 is 23.9 Å². The van der Waals surface area contributed by atoms with E-state index in [0.29, 0.717) is 29.0 Å². The van der Waals surface area contributed by atoms with Crippen molar-refractivity contribution in [3.63, 3.8) is 0 Å². The SMILES string of the molecule is CCOC(=O)c1c(-c2ccc(Br)cc2)csc1NC(=O)CCN1C(=O)C2CCC(C)(C1=O)C2(C)C. The van der Waals surface area contributed by atoms with Crippen LogP contribution in [0.3, 0.4) is 0 Å². The number of rotatable bonds is 7. The van der Waals surface area contributed by atoms with Gasteiger partial charge in [0.15, 0.2) is 0 Å². The summed E-state index contributed by atoms with van der Waals surface area (Å²) in [6.07, 6.45) is 1.32. The molecule has 0 radical (unpaired) electrons. The second-order valence-electron chi connectivity index (χ2n) is 9.82. The third kappa shape index (κ3) is 4.33. The first-order valence-electron chi connectivity index (χ1n) is 11.7. The number of likely N-dealkylation sites (tertiary alicyclic amines) is 1. The summed E-state index contributed by atoms with van der Waals surface area (Å²) in [6.45, 7) is 7.85. The van der Waals surface area contributed by atoms with Crippen molar-refractivity contribution in [2.24, 2.45) is 16.7 Å². The van der Waals surface area contributed by atoms with E-state index < -0.39 is 16.8 Å². The van der Waals surface area contributed by atoms with Gasteiger partial charge in [0.25, 0.3) is 0 Å². The van der Waals surface area contributed by atoms with E-state index in [-0.39, 0.29) is 43.2 Å². The highest BCUT2D eigenvalue weighted by atomic mass is 79.9. The minimum absolute atomic E-state index is 0.0192. The van der Waals surface area contributed by atoms with E-state index in [0.717, 1.165) is 10.0 Å². The summed E-state index contributed by atoms with van der Waals surface area (Å²) in [6, 6.07) is 7.51. The van der Waals surface area contributed by atoms with Crippen LogP contribution in [0.1, 0.15) is 57.3 Å². The molecule has 1 aliphatic carbocycles. The number of fused-ring (bicyclic) bond motifs is 2. The number of ether oxygens (including phenoxy) is 1. The zero-order valence-corrected chi connectivity index (χ0v) is 22.7. The Bertz CT molecular complexity index is 1190. The minimum atomic E-state index is -0.605. The number of piperidine rings is 1. The molecule has 2 heterocycles. The molecule has 2 fully saturated rings. The monoisotopic (exact) mass is 560 g/mol. The van der Waals surface area contributed by atoms with Crippen LogP contribution in [0.25, 0.3) is 11.1 Å². The molecule has 2 aromatic rings. The standard InChI is InChI=1S/C26H29BrN2O5S/c1-5-34-23(32)20-17(15-6-8-16(27)9-7-15)14-35-21(20)28-19(30)11-13-29-22(31)18-10-12-26(4,24(29)33)25(18,2)3/h6-9,14,18H,5,10-13H2,1-4H3,(H,28,30). The Labute approximate surface area is 217 Å². The van der Waals surface area contributed by atoms with E-state index in [9.17, 15) is 19.2 Å². The lowest BCUT2D eigenvalue weighted by Gasteiger charge is -2.47. The van der Waals surface area contributed by atoms with Crippen LogP contribution in [0.4, 0.5) is 5.00 Å². The highest BCUT2D eigenvalue weighted by Crippen LogP contribution is 2.60. The lowest BCUT2D eigenvalue weighted by atomic mass is 9.62. The quantitative estimate of drug-likeness (QED) is 0.356. The van der Waals surface area contributed by atoms with Crippen molar-refractivity contribution in [1.29, 1.82) is 0 Å². The topological polar surface area (TPSA) is 92.8 Å². The summed E-state index contributed by atoms with van der Waals surface area (Å²) in [5.41, 5.74) is 0.791. The Balaban J connectivity index is 1.51. The first kappa shape index (κ1) is 25.6. The fourth-order valence-electron chi connectivity index (χ4n) is 5.21. The number of amides is 3. The lowest BCUT2D eigenvalue weighted by molar-refractivity contribution is -0.167. The summed E-state index contributed by atoms with van der Waals surface area (Å²) >= 11 is 4.65. The number of esters is 1. The maximum absolute atomic E-state index is 13.2. The van der Waals surface area contributed by atoms with Gasteiger partial charge in [0, 0.05) is 34.3 Å². The van der Waals surface area contributed by atoms with Gasteiger partial charge in [0.2, 0.25) is 17.7 Å². The summed E-state index contributed by atoms with van der Waals surface area (Å²) in [5.74, 6) is -1.49. The average Bonchev–Trinajstić information content (AvgIpc) is 3.29. The van der Waals surface area contributed by atoms with Crippen LogP contribution in [0.5, 0.6) is 0 Å². The van der Waals surface area contributed by atoms with Crippen LogP contribution < -0.4 is 5.32 Å². The van der Waals surface area contributed by atoms with Crippen molar-refractivity contribution in [2.75, 3.05) is 18.5 Å². The number of anilines is 1.